The summed E-state index contributed by atoms with van der Waals surface area (Å²) in [6.45, 7) is 2.15. The second kappa shape index (κ2) is 6.27. The van der Waals surface area contributed by atoms with Gasteiger partial charge in [-0.15, -0.1) is 5.10 Å². The van der Waals surface area contributed by atoms with E-state index in [4.69, 9.17) is 21.7 Å². The second-order valence-electron chi connectivity index (χ2n) is 6.95. The van der Waals surface area contributed by atoms with Gasteiger partial charge in [-0.2, -0.15) is 0 Å². The normalized spacial score (nSPS) is 19.0. The first-order valence-electron chi connectivity index (χ1n) is 8.88. The Labute approximate surface area is 155 Å². The molecule has 7 heteroatoms. The van der Waals surface area contributed by atoms with Crippen LogP contribution in [0.3, 0.4) is 0 Å². The van der Waals surface area contributed by atoms with Crippen molar-refractivity contribution in [3.05, 3.63) is 35.5 Å². The number of benzene rings is 1. The van der Waals surface area contributed by atoms with Crippen molar-refractivity contribution in [3.63, 3.8) is 0 Å². The summed E-state index contributed by atoms with van der Waals surface area (Å²) >= 11 is 7.63. The molecule has 0 bridgehead atoms. The Morgan fingerprint density at radius 3 is 2.44 bits per heavy atom. The lowest BCUT2D eigenvalue weighted by atomic mass is 10.1. The Balaban J connectivity index is 1.30. The zero-order valence-corrected chi connectivity index (χ0v) is 15.4. The van der Waals surface area contributed by atoms with Crippen LogP contribution >= 0.6 is 22.9 Å². The highest BCUT2D eigenvalue weighted by Gasteiger charge is 2.28. The number of hydrogen-bond donors (Lipinski definition) is 1. The first-order valence-corrected chi connectivity index (χ1v) is 10.1. The van der Waals surface area contributed by atoms with Gasteiger partial charge in [0.15, 0.2) is 0 Å². The monoisotopic (exact) mass is 373 g/mol. The van der Waals surface area contributed by atoms with Crippen LogP contribution in [-0.4, -0.2) is 39.8 Å². The Kier molecular flexibility index (Phi) is 3.91. The minimum atomic E-state index is 0.685. The van der Waals surface area contributed by atoms with Crippen LogP contribution in [0.5, 0.6) is 0 Å². The zero-order valence-electron chi connectivity index (χ0n) is 13.9. The lowest BCUT2D eigenvalue weighted by molar-refractivity contribution is 0.412. The maximum atomic E-state index is 5.96. The van der Waals surface area contributed by atoms with Crippen LogP contribution in [0.1, 0.15) is 25.7 Å². The number of aromatic nitrogens is 3. The first-order chi connectivity index (χ1) is 12.2. The molecule has 1 N–H and O–H groups in total. The SMILES string of the molecule is Clc1ccc(-c2cn3nc(N4CCC(NC5CC5)CC4)sc3n2)cc1. The maximum Gasteiger partial charge on any atom is 0.214 e. The summed E-state index contributed by atoms with van der Waals surface area (Å²) in [7, 11) is 0. The van der Waals surface area contributed by atoms with Crippen molar-refractivity contribution < 1.29 is 0 Å². The van der Waals surface area contributed by atoms with Crippen LogP contribution in [0.25, 0.3) is 16.2 Å². The smallest absolute Gasteiger partial charge is 0.214 e. The van der Waals surface area contributed by atoms with Crippen molar-refractivity contribution in [2.75, 3.05) is 18.0 Å². The molecule has 2 fully saturated rings. The zero-order chi connectivity index (χ0) is 16.8. The first kappa shape index (κ1) is 15.6. The molecule has 3 aromatic rings. The second-order valence-corrected chi connectivity index (χ2v) is 8.32. The maximum absolute atomic E-state index is 5.96. The van der Waals surface area contributed by atoms with Gasteiger partial charge < -0.3 is 10.2 Å². The van der Waals surface area contributed by atoms with Gasteiger partial charge in [0.2, 0.25) is 10.1 Å². The van der Waals surface area contributed by atoms with Crippen LogP contribution in [0.4, 0.5) is 5.13 Å². The summed E-state index contributed by atoms with van der Waals surface area (Å²) < 4.78 is 1.90. The number of piperidine rings is 1. The molecule has 2 aliphatic rings. The number of hydrogen-bond acceptors (Lipinski definition) is 5. The fourth-order valence-corrected chi connectivity index (χ4v) is 4.46. The van der Waals surface area contributed by atoms with Crippen molar-refractivity contribution >= 4 is 33.0 Å². The number of fused-ring (bicyclic) bond motifs is 1. The van der Waals surface area contributed by atoms with Gasteiger partial charge >= 0.3 is 0 Å². The number of nitrogens with one attached hydrogen (secondary N) is 1. The average molecular weight is 374 g/mol. The number of rotatable bonds is 4. The molecule has 5 rings (SSSR count). The van der Waals surface area contributed by atoms with Crippen molar-refractivity contribution in [3.8, 4) is 11.3 Å². The van der Waals surface area contributed by atoms with Gasteiger partial charge in [0.05, 0.1) is 11.9 Å². The Morgan fingerprint density at radius 2 is 1.76 bits per heavy atom. The predicted molar refractivity (Wildman–Crippen MR) is 103 cm³/mol. The summed E-state index contributed by atoms with van der Waals surface area (Å²) in [5, 5.41) is 10.3. The molecule has 130 valence electrons. The van der Waals surface area contributed by atoms with Gasteiger partial charge in [0.25, 0.3) is 0 Å². The van der Waals surface area contributed by atoms with Crippen molar-refractivity contribution in [1.82, 2.24) is 19.9 Å². The molecule has 25 heavy (non-hydrogen) atoms. The van der Waals surface area contributed by atoms with E-state index >= 15 is 0 Å². The minimum absolute atomic E-state index is 0.685. The van der Waals surface area contributed by atoms with Crippen LogP contribution in [-0.2, 0) is 0 Å². The van der Waals surface area contributed by atoms with E-state index < -0.39 is 0 Å². The van der Waals surface area contributed by atoms with E-state index in [1.54, 1.807) is 11.3 Å². The highest BCUT2D eigenvalue weighted by molar-refractivity contribution is 7.20. The van der Waals surface area contributed by atoms with E-state index in [0.717, 1.165) is 45.5 Å². The standard InChI is InChI=1S/C18H20ClN5S/c19-13-3-1-12(2-4-13)16-11-24-17(21-16)25-18(22-24)23-9-7-15(8-10-23)20-14-5-6-14/h1-4,11,14-15,20H,5-10H2. The minimum Gasteiger partial charge on any atom is -0.347 e. The van der Waals surface area contributed by atoms with E-state index in [9.17, 15) is 0 Å². The van der Waals surface area contributed by atoms with Crippen molar-refractivity contribution in [1.29, 1.82) is 0 Å². The number of anilines is 1. The molecule has 1 aliphatic carbocycles. The molecule has 3 heterocycles. The molecule has 1 aromatic carbocycles. The largest absolute Gasteiger partial charge is 0.347 e. The third-order valence-electron chi connectivity index (χ3n) is 4.99. The van der Waals surface area contributed by atoms with Gasteiger partial charge in [0.1, 0.15) is 0 Å². The van der Waals surface area contributed by atoms with Crippen LogP contribution in [0, 0.1) is 0 Å². The van der Waals surface area contributed by atoms with Crippen molar-refractivity contribution in [2.45, 2.75) is 37.8 Å². The van der Waals surface area contributed by atoms with E-state index in [1.807, 2.05) is 35.0 Å². The summed E-state index contributed by atoms with van der Waals surface area (Å²) in [5.41, 5.74) is 2.00. The quantitative estimate of drug-likeness (QED) is 0.754. The van der Waals surface area contributed by atoms with Gasteiger partial charge in [-0.3, -0.25) is 0 Å². The van der Waals surface area contributed by atoms with E-state index in [-0.39, 0.29) is 0 Å². The molecule has 2 aromatic heterocycles. The fraction of sp³-hybridized carbons (Fsp3) is 0.444. The molecule has 0 radical (unpaired) electrons. The van der Waals surface area contributed by atoms with Gasteiger partial charge in [-0.1, -0.05) is 35.1 Å². The third-order valence-corrected chi connectivity index (χ3v) is 6.22. The van der Waals surface area contributed by atoms with Gasteiger partial charge in [-0.05, 0) is 37.8 Å². The average Bonchev–Trinajstić information content (AvgIpc) is 3.21. The molecular weight excluding hydrogens is 354 g/mol. The molecule has 0 unspecified atom stereocenters. The Morgan fingerprint density at radius 1 is 1.04 bits per heavy atom. The third kappa shape index (κ3) is 3.26. The molecule has 1 saturated heterocycles. The molecule has 0 spiro atoms. The highest BCUT2D eigenvalue weighted by Crippen LogP contribution is 2.29. The molecular formula is C18H20ClN5S. The fourth-order valence-electron chi connectivity index (χ4n) is 3.40. The summed E-state index contributed by atoms with van der Waals surface area (Å²) in [4.78, 5) is 8.07. The Hall–Kier alpha value is -1.63. The lowest BCUT2D eigenvalue weighted by Crippen LogP contribution is -2.43. The topological polar surface area (TPSA) is 45.5 Å². The molecule has 5 nitrogen and oxygen atoms in total. The molecule has 1 aliphatic heterocycles. The summed E-state index contributed by atoms with van der Waals surface area (Å²) in [5.74, 6) is 0. The Bertz CT molecular complexity index is 843. The van der Waals surface area contributed by atoms with Gasteiger partial charge in [0, 0.05) is 35.8 Å². The lowest BCUT2D eigenvalue weighted by Gasteiger charge is -2.32. The van der Waals surface area contributed by atoms with Crippen LogP contribution in [0.15, 0.2) is 30.5 Å². The number of halogens is 1. The predicted octanol–water partition coefficient (Wildman–Crippen LogP) is 3.83. The van der Waals surface area contributed by atoms with E-state index in [2.05, 4.69) is 10.2 Å². The molecule has 0 amide bonds. The molecule has 1 saturated carbocycles. The summed E-state index contributed by atoms with van der Waals surface area (Å²) in [6.07, 6.45) is 7.13. The van der Waals surface area contributed by atoms with Crippen molar-refractivity contribution in [2.24, 2.45) is 0 Å². The van der Waals surface area contributed by atoms with Crippen LogP contribution < -0.4 is 10.2 Å². The number of imidazole rings is 1. The van der Waals surface area contributed by atoms with Gasteiger partial charge in [-0.25, -0.2) is 9.50 Å². The van der Waals surface area contributed by atoms with Crippen LogP contribution in [0.2, 0.25) is 5.02 Å². The number of nitrogens with zero attached hydrogens (tertiary/aromatic N) is 4. The molecule has 0 atom stereocenters. The van der Waals surface area contributed by atoms with E-state index in [1.165, 1.54) is 25.7 Å². The van der Waals surface area contributed by atoms with E-state index in [0.29, 0.717) is 6.04 Å². The summed E-state index contributed by atoms with van der Waals surface area (Å²) in [6, 6.07) is 9.25. The highest BCUT2D eigenvalue weighted by atomic mass is 35.5.